The molecule has 0 unspecified atom stereocenters. The minimum Gasteiger partial charge on any atom is -0.337 e. The fourth-order valence-electron chi connectivity index (χ4n) is 3.59. The van der Waals surface area contributed by atoms with Crippen LogP contribution in [0.15, 0.2) is 5.10 Å². The Morgan fingerprint density at radius 1 is 1.19 bits per heavy atom. The molecule has 2 amide bonds. The van der Waals surface area contributed by atoms with Crippen molar-refractivity contribution in [1.29, 1.82) is 0 Å². The summed E-state index contributed by atoms with van der Waals surface area (Å²) in [5, 5.41) is 5.08. The molecule has 0 saturated carbocycles. The van der Waals surface area contributed by atoms with Crippen LogP contribution < -0.4 is 0 Å². The molecule has 0 spiro atoms. The van der Waals surface area contributed by atoms with Crippen molar-refractivity contribution in [3.63, 3.8) is 0 Å². The Morgan fingerprint density at radius 2 is 1.92 bits per heavy atom. The second-order valence-corrected chi connectivity index (χ2v) is 9.20. The SMILES string of the molecule is O=C(C1=NN([C@@H]2CCS(=O)(=O)C2)C(=O)CC1)N1CCC[C@H](C(F)(F)F)C1. The number of hydrogen-bond donors (Lipinski definition) is 0. The van der Waals surface area contributed by atoms with Gasteiger partial charge in [-0.25, -0.2) is 13.4 Å². The van der Waals surface area contributed by atoms with Gasteiger partial charge in [0.05, 0.1) is 23.5 Å². The van der Waals surface area contributed by atoms with Crippen LogP contribution in [-0.4, -0.2) is 72.7 Å². The number of nitrogens with zero attached hydrogens (tertiary/aromatic N) is 3. The largest absolute Gasteiger partial charge is 0.393 e. The van der Waals surface area contributed by atoms with Gasteiger partial charge in [0, 0.05) is 25.9 Å². The van der Waals surface area contributed by atoms with Crippen molar-refractivity contribution in [3.05, 3.63) is 0 Å². The summed E-state index contributed by atoms with van der Waals surface area (Å²) in [4.78, 5) is 25.8. The summed E-state index contributed by atoms with van der Waals surface area (Å²) < 4.78 is 62.0. The van der Waals surface area contributed by atoms with Crippen molar-refractivity contribution in [2.24, 2.45) is 11.0 Å². The van der Waals surface area contributed by atoms with Gasteiger partial charge in [-0.1, -0.05) is 0 Å². The Balaban J connectivity index is 1.74. The summed E-state index contributed by atoms with van der Waals surface area (Å²) in [6.07, 6.45) is -3.80. The number of rotatable bonds is 2. The van der Waals surface area contributed by atoms with Crippen molar-refractivity contribution in [2.75, 3.05) is 24.6 Å². The maximum atomic E-state index is 12.9. The molecule has 7 nitrogen and oxygen atoms in total. The van der Waals surface area contributed by atoms with E-state index in [9.17, 15) is 31.2 Å². The molecule has 0 bridgehead atoms. The Labute approximate surface area is 149 Å². The average Bonchev–Trinajstić information content (AvgIpc) is 2.94. The van der Waals surface area contributed by atoms with E-state index >= 15 is 0 Å². The second kappa shape index (κ2) is 6.82. The zero-order valence-electron chi connectivity index (χ0n) is 14.0. The molecule has 0 radical (unpaired) electrons. The Morgan fingerprint density at radius 3 is 2.54 bits per heavy atom. The first kappa shape index (κ1) is 19.1. The molecule has 11 heteroatoms. The highest BCUT2D eigenvalue weighted by Crippen LogP contribution is 2.33. The molecule has 0 aliphatic carbocycles. The number of carbonyl (C=O) groups is 2. The predicted molar refractivity (Wildman–Crippen MR) is 85.9 cm³/mol. The van der Waals surface area contributed by atoms with Crippen LogP contribution >= 0.6 is 0 Å². The van der Waals surface area contributed by atoms with E-state index in [2.05, 4.69) is 5.10 Å². The van der Waals surface area contributed by atoms with Crippen LogP contribution in [0.2, 0.25) is 0 Å². The molecule has 3 aliphatic rings. The topological polar surface area (TPSA) is 87.1 Å². The number of halogens is 3. The molecule has 146 valence electrons. The summed E-state index contributed by atoms with van der Waals surface area (Å²) in [7, 11) is -3.23. The molecule has 0 aromatic rings. The minimum atomic E-state index is -4.35. The van der Waals surface area contributed by atoms with Crippen molar-refractivity contribution < 1.29 is 31.2 Å². The number of likely N-dealkylation sites (tertiary alicyclic amines) is 1. The van der Waals surface area contributed by atoms with Crippen LogP contribution in [0.5, 0.6) is 0 Å². The number of sulfone groups is 1. The van der Waals surface area contributed by atoms with Gasteiger partial charge < -0.3 is 4.90 Å². The molecule has 2 saturated heterocycles. The molecule has 0 aromatic heterocycles. The smallest absolute Gasteiger partial charge is 0.337 e. The van der Waals surface area contributed by atoms with Crippen LogP contribution in [0.3, 0.4) is 0 Å². The van der Waals surface area contributed by atoms with Gasteiger partial charge >= 0.3 is 6.18 Å². The number of piperidine rings is 1. The number of carbonyl (C=O) groups excluding carboxylic acids is 2. The van der Waals surface area contributed by atoms with Crippen LogP contribution in [0, 0.1) is 5.92 Å². The van der Waals surface area contributed by atoms with E-state index in [1.807, 2.05) is 0 Å². The number of amides is 2. The van der Waals surface area contributed by atoms with Crippen molar-refractivity contribution in [3.8, 4) is 0 Å². The third-order valence-corrected chi connectivity index (χ3v) is 6.78. The molecule has 3 rings (SSSR count). The highest BCUT2D eigenvalue weighted by molar-refractivity contribution is 7.91. The normalized spacial score (nSPS) is 29.7. The summed E-state index contributed by atoms with van der Waals surface area (Å²) >= 11 is 0. The quantitative estimate of drug-likeness (QED) is 0.697. The van der Waals surface area contributed by atoms with E-state index < -0.39 is 40.4 Å². The Bertz CT molecular complexity index is 735. The molecule has 2 fully saturated rings. The third kappa shape index (κ3) is 4.02. The molecule has 26 heavy (non-hydrogen) atoms. The summed E-state index contributed by atoms with van der Waals surface area (Å²) in [6, 6.07) is -0.611. The van der Waals surface area contributed by atoms with Gasteiger partial charge in [0.15, 0.2) is 9.84 Å². The van der Waals surface area contributed by atoms with E-state index in [-0.39, 0.29) is 61.8 Å². The zero-order chi connectivity index (χ0) is 19.1. The molecule has 2 atom stereocenters. The molecule has 0 N–H and O–H groups in total. The standard InChI is InChI=1S/C15H20F3N3O4S/c16-15(17,18)10-2-1-6-20(8-10)14(23)12-3-4-13(22)21(19-12)11-5-7-26(24,25)9-11/h10-11H,1-9H2/t10-,11+/m0/s1. The van der Waals surface area contributed by atoms with Gasteiger partial charge in [0.25, 0.3) is 5.91 Å². The van der Waals surface area contributed by atoms with E-state index in [4.69, 9.17) is 0 Å². The van der Waals surface area contributed by atoms with Gasteiger partial charge in [-0.2, -0.15) is 18.3 Å². The van der Waals surface area contributed by atoms with Crippen LogP contribution in [-0.2, 0) is 19.4 Å². The fourth-order valence-corrected chi connectivity index (χ4v) is 5.28. The lowest BCUT2D eigenvalue weighted by Gasteiger charge is -2.35. The first-order valence-corrected chi connectivity index (χ1v) is 10.3. The lowest BCUT2D eigenvalue weighted by atomic mass is 9.96. The predicted octanol–water partition coefficient (Wildman–Crippen LogP) is 0.953. The van der Waals surface area contributed by atoms with Crippen molar-refractivity contribution in [2.45, 2.75) is 44.3 Å². The van der Waals surface area contributed by atoms with Gasteiger partial charge in [0.1, 0.15) is 5.71 Å². The number of alkyl halides is 3. The first-order valence-electron chi connectivity index (χ1n) is 8.53. The van der Waals surface area contributed by atoms with Crippen LogP contribution in [0.1, 0.15) is 32.1 Å². The maximum absolute atomic E-state index is 12.9. The summed E-state index contributed by atoms with van der Waals surface area (Å²) in [6.45, 7) is -0.191. The van der Waals surface area contributed by atoms with E-state index in [0.29, 0.717) is 0 Å². The van der Waals surface area contributed by atoms with Gasteiger partial charge in [-0.15, -0.1) is 0 Å². The zero-order valence-corrected chi connectivity index (χ0v) is 14.9. The maximum Gasteiger partial charge on any atom is 0.393 e. The van der Waals surface area contributed by atoms with E-state index in [1.165, 1.54) is 0 Å². The molecule has 3 aliphatic heterocycles. The van der Waals surface area contributed by atoms with Crippen molar-refractivity contribution >= 4 is 27.4 Å². The van der Waals surface area contributed by atoms with Crippen LogP contribution in [0.4, 0.5) is 13.2 Å². The highest BCUT2D eigenvalue weighted by atomic mass is 32.2. The molecular weight excluding hydrogens is 375 g/mol. The molecule has 3 heterocycles. The van der Waals surface area contributed by atoms with E-state index in [0.717, 1.165) is 9.91 Å². The first-order chi connectivity index (χ1) is 12.1. The Hall–Kier alpha value is -1.65. The molecule has 0 aromatic carbocycles. The van der Waals surface area contributed by atoms with Gasteiger partial charge in [0.2, 0.25) is 5.91 Å². The minimum absolute atomic E-state index is 0.00232. The van der Waals surface area contributed by atoms with Gasteiger partial charge in [-0.05, 0) is 19.3 Å². The van der Waals surface area contributed by atoms with Crippen molar-refractivity contribution in [1.82, 2.24) is 9.91 Å². The Kier molecular flexibility index (Phi) is 5.02. The lowest BCUT2D eigenvalue weighted by molar-refractivity contribution is -0.187. The summed E-state index contributed by atoms with van der Waals surface area (Å²) in [5.41, 5.74) is 0.0247. The highest BCUT2D eigenvalue weighted by Gasteiger charge is 2.44. The molecular formula is C15H20F3N3O4S. The number of hydrazone groups is 1. The monoisotopic (exact) mass is 395 g/mol. The van der Waals surface area contributed by atoms with E-state index in [1.54, 1.807) is 0 Å². The number of hydrogen-bond acceptors (Lipinski definition) is 5. The third-order valence-electron chi connectivity index (χ3n) is 5.03. The lowest BCUT2D eigenvalue weighted by Crippen LogP contribution is -2.49. The second-order valence-electron chi connectivity index (χ2n) is 6.97. The van der Waals surface area contributed by atoms with Crippen LogP contribution in [0.25, 0.3) is 0 Å². The average molecular weight is 395 g/mol. The summed E-state index contributed by atoms with van der Waals surface area (Å²) in [5.74, 6) is -2.77. The van der Waals surface area contributed by atoms with Gasteiger partial charge in [-0.3, -0.25) is 9.59 Å². The fraction of sp³-hybridized carbons (Fsp3) is 0.800.